The zero-order chi connectivity index (χ0) is 29.2. The number of rotatable bonds is 6. The molecule has 13 heteroatoms. The summed E-state index contributed by atoms with van der Waals surface area (Å²) in [5, 5.41) is 11.4. The number of nitrogens with one attached hydrogen (secondary N) is 1. The molecule has 0 amide bonds. The number of nitrogens with zero attached hydrogens (tertiary/aromatic N) is 3. The summed E-state index contributed by atoms with van der Waals surface area (Å²) < 4.78 is 66.9. The predicted molar refractivity (Wildman–Crippen MR) is 157 cm³/mol. The van der Waals surface area contributed by atoms with Crippen molar-refractivity contribution in [2.45, 2.75) is 47.8 Å². The lowest BCUT2D eigenvalue weighted by Crippen LogP contribution is -2.42. The maximum Gasteiger partial charge on any atom is 0.264 e. The Morgan fingerprint density at radius 3 is 2.17 bits per heavy atom. The summed E-state index contributed by atoms with van der Waals surface area (Å²) in [6.07, 6.45) is 1.47. The maximum absolute atomic E-state index is 13.7. The molecular weight excluding hydrogens is 589 g/mol. The van der Waals surface area contributed by atoms with Gasteiger partial charge in [-0.3, -0.25) is 0 Å². The molecule has 2 aliphatic rings. The molecule has 1 heterocycles. The van der Waals surface area contributed by atoms with Crippen LogP contribution in [-0.4, -0.2) is 51.4 Å². The highest BCUT2D eigenvalue weighted by molar-refractivity contribution is 7.90. The Morgan fingerprint density at radius 2 is 1.56 bits per heavy atom. The molecular formula is C28H29ClFN5O4S2. The first kappa shape index (κ1) is 29.2. The lowest BCUT2D eigenvalue weighted by Gasteiger charge is -2.27. The summed E-state index contributed by atoms with van der Waals surface area (Å²) in [6, 6.07) is 21.0. The molecule has 1 aliphatic heterocycles. The lowest BCUT2D eigenvalue weighted by atomic mass is 9.91. The van der Waals surface area contributed by atoms with E-state index in [1.807, 2.05) is 30.3 Å². The Kier molecular flexibility index (Phi) is 8.46. The second kappa shape index (κ2) is 11.9. The number of halogens is 2. The molecule has 3 aromatic carbocycles. The molecule has 0 unspecified atom stereocenters. The minimum Gasteiger partial charge on any atom is -0.248 e. The molecule has 1 aliphatic carbocycles. The molecule has 1 atom stereocenters. The van der Waals surface area contributed by atoms with E-state index in [1.54, 1.807) is 12.1 Å². The molecule has 0 bridgehead atoms. The molecule has 1 fully saturated rings. The van der Waals surface area contributed by atoms with Gasteiger partial charge in [0.1, 0.15) is 5.82 Å². The third-order valence-electron chi connectivity index (χ3n) is 7.26. The van der Waals surface area contributed by atoms with Gasteiger partial charge >= 0.3 is 0 Å². The van der Waals surface area contributed by atoms with Crippen LogP contribution in [-0.2, 0) is 20.0 Å². The molecule has 3 aromatic rings. The van der Waals surface area contributed by atoms with Crippen molar-refractivity contribution < 1.29 is 21.2 Å². The summed E-state index contributed by atoms with van der Waals surface area (Å²) >= 11 is 5.96. The highest BCUT2D eigenvalue weighted by Gasteiger charge is 2.35. The lowest BCUT2D eigenvalue weighted by molar-refractivity contribution is 0.416. The van der Waals surface area contributed by atoms with Crippen molar-refractivity contribution in [2.75, 3.05) is 6.54 Å². The zero-order valence-corrected chi connectivity index (χ0v) is 24.3. The molecule has 0 radical (unpaired) electrons. The smallest absolute Gasteiger partial charge is 0.248 e. The van der Waals surface area contributed by atoms with E-state index in [4.69, 9.17) is 26.8 Å². The van der Waals surface area contributed by atoms with Crippen molar-refractivity contribution in [2.24, 2.45) is 15.2 Å². The van der Waals surface area contributed by atoms with E-state index in [1.165, 1.54) is 41.4 Å². The monoisotopic (exact) mass is 617 g/mol. The maximum atomic E-state index is 13.7. The van der Waals surface area contributed by atoms with Crippen LogP contribution in [0.15, 0.2) is 93.9 Å². The van der Waals surface area contributed by atoms with Crippen molar-refractivity contribution >= 4 is 43.3 Å². The van der Waals surface area contributed by atoms with Gasteiger partial charge in [-0.1, -0.05) is 54.1 Å². The molecule has 3 N–H and O–H groups in total. The second-order valence-corrected chi connectivity index (χ2v) is 14.0. The van der Waals surface area contributed by atoms with Crippen LogP contribution in [0.4, 0.5) is 4.39 Å². The fourth-order valence-electron chi connectivity index (χ4n) is 5.08. The summed E-state index contributed by atoms with van der Waals surface area (Å²) in [6.45, 7) is 0.269. The van der Waals surface area contributed by atoms with Crippen LogP contribution in [0.3, 0.4) is 0 Å². The third-order valence-corrected chi connectivity index (χ3v) is 10.3. The normalized spacial score (nSPS) is 21.9. The van der Waals surface area contributed by atoms with E-state index >= 15 is 0 Å². The van der Waals surface area contributed by atoms with Crippen LogP contribution >= 0.6 is 11.6 Å². The predicted octanol–water partition coefficient (Wildman–Crippen LogP) is 4.22. The van der Waals surface area contributed by atoms with Gasteiger partial charge in [0.25, 0.3) is 10.0 Å². The average Bonchev–Trinajstić information content (AvgIpc) is 3.39. The molecule has 0 saturated heterocycles. The number of hydrogen-bond donors (Lipinski definition) is 2. The van der Waals surface area contributed by atoms with Gasteiger partial charge in [0.05, 0.1) is 28.4 Å². The number of benzene rings is 3. The fourth-order valence-corrected chi connectivity index (χ4v) is 7.14. The van der Waals surface area contributed by atoms with Gasteiger partial charge in [0.15, 0.2) is 0 Å². The number of sulfonamides is 2. The van der Waals surface area contributed by atoms with Gasteiger partial charge < -0.3 is 0 Å². The number of guanidine groups is 1. The summed E-state index contributed by atoms with van der Waals surface area (Å²) in [4.78, 5) is 4.75. The van der Waals surface area contributed by atoms with Crippen molar-refractivity contribution in [3.05, 3.63) is 101 Å². The van der Waals surface area contributed by atoms with Crippen LogP contribution < -0.4 is 9.86 Å². The molecule has 0 aromatic heterocycles. The zero-order valence-electron chi connectivity index (χ0n) is 21.9. The average molecular weight is 618 g/mol. The van der Waals surface area contributed by atoms with E-state index in [0.29, 0.717) is 42.0 Å². The van der Waals surface area contributed by atoms with Gasteiger partial charge in [0, 0.05) is 10.9 Å². The van der Waals surface area contributed by atoms with E-state index in [0.717, 1.165) is 5.56 Å². The highest BCUT2D eigenvalue weighted by Crippen LogP contribution is 2.31. The van der Waals surface area contributed by atoms with E-state index in [2.05, 4.69) is 4.72 Å². The largest absolute Gasteiger partial charge is 0.264 e. The second-order valence-electron chi connectivity index (χ2n) is 10.1. The topological polar surface area (TPSA) is 134 Å². The highest BCUT2D eigenvalue weighted by atomic mass is 35.5. The van der Waals surface area contributed by atoms with Crippen molar-refractivity contribution in [3.8, 4) is 0 Å². The van der Waals surface area contributed by atoms with Crippen LogP contribution in [0, 0.1) is 5.82 Å². The minimum absolute atomic E-state index is 0.00548. The molecule has 9 nitrogen and oxygen atoms in total. The van der Waals surface area contributed by atoms with E-state index < -0.39 is 25.3 Å². The first-order chi connectivity index (χ1) is 19.5. The van der Waals surface area contributed by atoms with Crippen molar-refractivity contribution in [1.29, 1.82) is 0 Å². The summed E-state index contributed by atoms with van der Waals surface area (Å²) in [7, 11) is -7.75. The summed E-state index contributed by atoms with van der Waals surface area (Å²) in [5.41, 5.74) is 2.27. The minimum atomic E-state index is -4.08. The Balaban J connectivity index is 1.52. The quantitative estimate of drug-likeness (QED) is 0.316. The molecule has 41 heavy (non-hydrogen) atoms. The first-order valence-corrected chi connectivity index (χ1v) is 16.5. The van der Waals surface area contributed by atoms with Crippen molar-refractivity contribution in [1.82, 2.24) is 9.73 Å². The number of primary sulfonamides is 1. The summed E-state index contributed by atoms with van der Waals surface area (Å²) in [5.74, 6) is -0.629. The molecule has 5 rings (SSSR count). The number of hydrogen-bond acceptors (Lipinski definition) is 6. The molecule has 216 valence electrons. The van der Waals surface area contributed by atoms with Gasteiger partial charge in [-0.05, 0) is 73.2 Å². The number of hydrazone groups is 1. The molecule has 1 saturated carbocycles. The van der Waals surface area contributed by atoms with Crippen LogP contribution in [0.5, 0.6) is 0 Å². The van der Waals surface area contributed by atoms with Gasteiger partial charge in [-0.15, -0.1) is 0 Å². The van der Waals surface area contributed by atoms with Crippen LogP contribution in [0.1, 0.15) is 42.7 Å². The SMILES string of the molecule is NS(=O)(=O)C1CCC(/N=C(\NS(=O)(=O)c2ccc(Cl)cc2)N2C[C@H](c3ccccc3)C(c3ccc(F)cc3)=N2)CC1. The first-order valence-electron chi connectivity index (χ1n) is 13.0. The Bertz CT molecular complexity index is 1660. The number of aliphatic imine (C=N–C) groups is 1. The Hall–Kier alpha value is -3.32. The standard InChI is InChI=1S/C28H29ClFN5O4S2/c29-21-8-14-25(15-9-21)41(38,39)34-28(32-23-12-16-24(17-13-23)40(31,36)37)35-18-26(19-4-2-1-3-5-19)27(33-35)20-6-10-22(30)11-7-20/h1-11,14-15,23-24,26H,12-13,16-18H2,(H,32,34)(H2,31,36,37)/t23?,24?,26-/m1/s1. The van der Waals surface area contributed by atoms with E-state index in [-0.39, 0.29) is 35.2 Å². The van der Waals surface area contributed by atoms with Gasteiger partial charge in [-0.2, -0.15) is 5.10 Å². The fraction of sp³-hybridized carbons (Fsp3) is 0.286. The van der Waals surface area contributed by atoms with Gasteiger partial charge in [-0.25, -0.2) is 41.1 Å². The Morgan fingerprint density at radius 1 is 0.927 bits per heavy atom. The van der Waals surface area contributed by atoms with Gasteiger partial charge in [0.2, 0.25) is 16.0 Å². The van der Waals surface area contributed by atoms with E-state index in [9.17, 15) is 21.2 Å². The van der Waals surface area contributed by atoms with Crippen LogP contribution in [0.2, 0.25) is 5.02 Å². The molecule has 0 spiro atoms. The third kappa shape index (κ3) is 6.95. The van der Waals surface area contributed by atoms with Crippen molar-refractivity contribution in [3.63, 3.8) is 0 Å². The van der Waals surface area contributed by atoms with Crippen LogP contribution in [0.25, 0.3) is 0 Å². The number of nitrogens with two attached hydrogens (primary N) is 1. The Labute approximate surface area is 244 Å².